The number of hydrogen-bond acceptors (Lipinski definition) is 2. The Labute approximate surface area is 114 Å². The normalized spacial score (nSPS) is 9.89. The maximum Gasteiger partial charge on any atom is 0.270 e. The third-order valence-corrected chi connectivity index (χ3v) is 3.12. The van der Waals surface area contributed by atoms with Crippen molar-refractivity contribution in [3.05, 3.63) is 64.1 Å². The first kappa shape index (κ1) is 12.6. The highest BCUT2D eigenvalue weighted by Gasteiger charge is 2.09. The Morgan fingerprint density at radius 1 is 1.11 bits per heavy atom. The van der Waals surface area contributed by atoms with E-state index in [0.29, 0.717) is 5.56 Å². The lowest BCUT2D eigenvalue weighted by Crippen LogP contribution is -2.29. The van der Waals surface area contributed by atoms with E-state index in [1.165, 1.54) is 0 Å². The summed E-state index contributed by atoms with van der Waals surface area (Å²) in [6.45, 7) is 1.98. The number of nitrogens with one attached hydrogen (secondary N) is 2. The second-order valence-corrected chi connectivity index (χ2v) is 4.78. The Hall–Kier alpha value is -1.81. The molecule has 0 radical (unpaired) electrons. The second-order valence-electron chi connectivity index (χ2n) is 3.93. The van der Waals surface area contributed by atoms with Crippen LogP contribution in [0.1, 0.15) is 15.9 Å². The molecule has 0 saturated heterocycles. The van der Waals surface area contributed by atoms with Gasteiger partial charge in [-0.2, -0.15) is 0 Å². The maximum absolute atomic E-state index is 11.9. The Kier molecular flexibility index (Phi) is 3.99. The minimum absolute atomic E-state index is 0.175. The van der Waals surface area contributed by atoms with Gasteiger partial charge in [0.05, 0.1) is 11.3 Å². The van der Waals surface area contributed by atoms with E-state index < -0.39 is 0 Å². The summed E-state index contributed by atoms with van der Waals surface area (Å²) in [5.74, 6) is -0.175. The molecule has 0 aromatic heterocycles. The van der Waals surface area contributed by atoms with Gasteiger partial charge in [-0.15, -0.1) is 0 Å². The molecule has 0 fully saturated rings. The number of carbonyl (C=O) groups is 1. The van der Waals surface area contributed by atoms with Crippen LogP contribution in [-0.4, -0.2) is 5.91 Å². The third kappa shape index (κ3) is 3.11. The molecule has 2 rings (SSSR count). The van der Waals surface area contributed by atoms with E-state index in [1.807, 2.05) is 49.4 Å². The number of hydrazine groups is 1. The highest BCUT2D eigenvalue weighted by Crippen LogP contribution is 2.18. The van der Waals surface area contributed by atoms with Gasteiger partial charge in [0.2, 0.25) is 0 Å². The lowest BCUT2D eigenvalue weighted by atomic mass is 10.1. The van der Waals surface area contributed by atoms with E-state index in [9.17, 15) is 4.79 Å². The quantitative estimate of drug-likeness (QED) is 0.852. The number of carbonyl (C=O) groups excluding carboxylic acids is 1. The van der Waals surface area contributed by atoms with Gasteiger partial charge in [0.15, 0.2) is 0 Å². The number of amides is 1. The summed E-state index contributed by atoms with van der Waals surface area (Å²) < 4.78 is 0.787. The summed E-state index contributed by atoms with van der Waals surface area (Å²) in [6.07, 6.45) is 0. The van der Waals surface area contributed by atoms with Crippen LogP contribution in [0.25, 0.3) is 0 Å². The number of rotatable bonds is 3. The summed E-state index contributed by atoms with van der Waals surface area (Å²) in [6, 6.07) is 15.1. The molecule has 0 bridgehead atoms. The van der Waals surface area contributed by atoms with Crippen LogP contribution in [0.2, 0.25) is 0 Å². The molecule has 0 atom stereocenters. The Bertz CT molecular complexity index is 555. The highest BCUT2D eigenvalue weighted by atomic mass is 79.9. The topological polar surface area (TPSA) is 41.1 Å². The largest absolute Gasteiger partial charge is 0.298 e. The number of para-hydroxylation sites is 1. The molecule has 4 heteroatoms. The van der Waals surface area contributed by atoms with Crippen LogP contribution in [0.4, 0.5) is 5.69 Å². The fourth-order valence-electron chi connectivity index (χ4n) is 1.52. The van der Waals surface area contributed by atoms with E-state index >= 15 is 0 Å². The molecule has 2 aromatic carbocycles. The summed E-state index contributed by atoms with van der Waals surface area (Å²) in [7, 11) is 0. The Morgan fingerprint density at radius 2 is 1.83 bits per heavy atom. The Balaban J connectivity index is 2.04. The minimum Gasteiger partial charge on any atom is -0.298 e. The molecule has 0 aliphatic carbocycles. The first-order valence-corrected chi connectivity index (χ1v) is 6.33. The van der Waals surface area contributed by atoms with Gasteiger partial charge < -0.3 is 0 Å². The lowest BCUT2D eigenvalue weighted by Gasteiger charge is -2.09. The summed E-state index contributed by atoms with van der Waals surface area (Å²) in [5.41, 5.74) is 8.07. The molecule has 0 heterocycles. The monoisotopic (exact) mass is 304 g/mol. The third-order valence-electron chi connectivity index (χ3n) is 2.46. The lowest BCUT2D eigenvalue weighted by molar-refractivity contribution is 0.0962. The molecular formula is C14H13BrN2O. The Morgan fingerprint density at radius 3 is 2.50 bits per heavy atom. The first-order valence-electron chi connectivity index (χ1n) is 5.54. The van der Waals surface area contributed by atoms with Crippen LogP contribution in [0.15, 0.2) is 53.0 Å². The molecule has 2 N–H and O–H groups in total. The van der Waals surface area contributed by atoms with Crippen molar-refractivity contribution < 1.29 is 4.79 Å². The fraction of sp³-hybridized carbons (Fsp3) is 0.0714. The van der Waals surface area contributed by atoms with Gasteiger partial charge in [-0.25, -0.2) is 0 Å². The SMILES string of the molecule is Cc1ccc(C(=O)NNc2ccccc2)c(Br)c1. The van der Waals surface area contributed by atoms with Gasteiger partial charge in [0.25, 0.3) is 5.91 Å². The van der Waals surface area contributed by atoms with E-state index in [2.05, 4.69) is 26.8 Å². The average molecular weight is 305 g/mol. The molecule has 2 aromatic rings. The van der Waals surface area contributed by atoms with Crippen LogP contribution < -0.4 is 10.9 Å². The van der Waals surface area contributed by atoms with Crippen molar-refractivity contribution in [1.29, 1.82) is 0 Å². The van der Waals surface area contributed by atoms with Gasteiger partial charge in [0, 0.05) is 4.47 Å². The van der Waals surface area contributed by atoms with Crippen molar-refractivity contribution in [2.45, 2.75) is 6.92 Å². The van der Waals surface area contributed by atoms with Gasteiger partial charge in [-0.05, 0) is 52.7 Å². The van der Waals surface area contributed by atoms with Crippen molar-refractivity contribution in [2.75, 3.05) is 5.43 Å². The predicted molar refractivity (Wildman–Crippen MR) is 76.4 cm³/mol. The molecular weight excluding hydrogens is 292 g/mol. The predicted octanol–water partition coefficient (Wildman–Crippen LogP) is 3.51. The molecule has 0 unspecified atom stereocenters. The van der Waals surface area contributed by atoms with Gasteiger partial charge in [0.1, 0.15) is 0 Å². The van der Waals surface area contributed by atoms with E-state index in [0.717, 1.165) is 15.7 Å². The molecule has 0 saturated carbocycles. The molecule has 0 aliphatic rings. The summed E-state index contributed by atoms with van der Waals surface area (Å²) >= 11 is 3.39. The second kappa shape index (κ2) is 5.69. The van der Waals surface area contributed by atoms with Crippen LogP contribution >= 0.6 is 15.9 Å². The van der Waals surface area contributed by atoms with Crippen molar-refractivity contribution in [1.82, 2.24) is 5.43 Å². The average Bonchev–Trinajstić information content (AvgIpc) is 2.37. The zero-order valence-electron chi connectivity index (χ0n) is 9.91. The van der Waals surface area contributed by atoms with Gasteiger partial charge >= 0.3 is 0 Å². The smallest absolute Gasteiger partial charge is 0.270 e. The number of benzene rings is 2. The van der Waals surface area contributed by atoms with Crippen molar-refractivity contribution in [3.63, 3.8) is 0 Å². The summed E-state index contributed by atoms with van der Waals surface area (Å²) in [4.78, 5) is 11.9. The van der Waals surface area contributed by atoms with E-state index in [1.54, 1.807) is 6.07 Å². The summed E-state index contributed by atoms with van der Waals surface area (Å²) in [5, 5.41) is 0. The van der Waals surface area contributed by atoms with Gasteiger partial charge in [-0.3, -0.25) is 15.6 Å². The van der Waals surface area contributed by atoms with Gasteiger partial charge in [-0.1, -0.05) is 24.3 Å². The van der Waals surface area contributed by atoms with Crippen LogP contribution in [0.5, 0.6) is 0 Å². The highest BCUT2D eigenvalue weighted by molar-refractivity contribution is 9.10. The number of hydrogen-bond donors (Lipinski definition) is 2. The standard InChI is InChI=1S/C14H13BrN2O/c1-10-7-8-12(13(15)9-10)14(18)17-16-11-5-3-2-4-6-11/h2-9,16H,1H3,(H,17,18). The van der Waals surface area contributed by atoms with Crippen molar-refractivity contribution in [3.8, 4) is 0 Å². The number of aryl methyl sites for hydroxylation is 1. The molecule has 0 aliphatic heterocycles. The first-order chi connectivity index (χ1) is 8.66. The number of anilines is 1. The fourth-order valence-corrected chi connectivity index (χ4v) is 2.20. The van der Waals surface area contributed by atoms with Crippen molar-refractivity contribution >= 4 is 27.5 Å². The minimum atomic E-state index is -0.175. The molecule has 0 spiro atoms. The van der Waals surface area contributed by atoms with E-state index in [4.69, 9.17) is 0 Å². The molecule has 1 amide bonds. The van der Waals surface area contributed by atoms with Crippen LogP contribution in [0.3, 0.4) is 0 Å². The van der Waals surface area contributed by atoms with Crippen LogP contribution in [0, 0.1) is 6.92 Å². The molecule has 92 valence electrons. The van der Waals surface area contributed by atoms with Crippen molar-refractivity contribution in [2.24, 2.45) is 0 Å². The van der Waals surface area contributed by atoms with E-state index in [-0.39, 0.29) is 5.91 Å². The van der Waals surface area contributed by atoms with Crippen LogP contribution in [-0.2, 0) is 0 Å². The maximum atomic E-state index is 11.9. The molecule has 3 nitrogen and oxygen atoms in total. The zero-order chi connectivity index (χ0) is 13.0. The molecule has 18 heavy (non-hydrogen) atoms. The number of halogens is 1. The zero-order valence-corrected chi connectivity index (χ0v) is 11.5.